The molecule has 0 saturated carbocycles. The topological polar surface area (TPSA) is 123 Å². The van der Waals surface area contributed by atoms with Crippen LogP contribution in [-0.2, 0) is 21.5 Å². The maximum absolute atomic E-state index is 14.7. The van der Waals surface area contributed by atoms with E-state index < -0.39 is 28.3 Å². The summed E-state index contributed by atoms with van der Waals surface area (Å²) < 4.78 is 10.5. The average Bonchev–Trinajstić information content (AvgIpc) is 3.57. The van der Waals surface area contributed by atoms with E-state index in [0.717, 1.165) is 22.4 Å². The van der Waals surface area contributed by atoms with Gasteiger partial charge in [-0.1, -0.05) is 74.3 Å². The number of nitrogens with one attached hydrogen (secondary N) is 2. The van der Waals surface area contributed by atoms with Crippen LogP contribution < -0.4 is 20.3 Å². The van der Waals surface area contributed by atoms with Gasteiger partial charge in [0.05, 0.1) is 36.4 Å². The number of ether oxygens (including phenoxy) is 2. The fraction of sp³-hybridized carbons (Fsp3) is 0.333. The molecule has 0 aliphatic carbocycles. The molecule has 4 aromatic carbocycles. The van der Waals surface area contributed by atoms with Crippen LogP contribution in [0.2, 0.25) is 10.0 Å². The average molecular weight is 732 g/mol. The van der Waals surface area contributed by atoms with Crippen LogP contribution in [0.3, 0.4) is 0 Å². The van der Waals surface area contributed by atoms with E-state index in [2.05, 4.69) is 36.3 Å². The van der Waals surface area contributed by atoms with Gasteiger partial charge >= 0.3 is 5.97 Å². The van der Waals surface area contributed by atoms with Crippen molar-refractivity contribution >= 4 is 52.1 Å². The van der Waals surface area contributed by atoms with Crippen LogP contribution in [-0.4, -0.2) is 49.6 Å². The SMILES string of the molecule is COC(=O)c1ccc(NC(=O)[C@@H]2N[C@@H](CC(C)(C)C)[C@@]3(CN(Cc4cccc([N+](=O)[O-])c4)c4ccc(Cl)cc43)[C@H]2c2ccccc2Cl)c(OC)c1. The quantitative estimate of drug-likeness (QED) is 0.101. The van der Waals surface area contributed by atoms with Gasteiger partial charge in [0.2, 0.25) is 5.91 Å². The molecule has 2 N–H and O–H groups in total. The van der Waals surface area contributed by atoms with Gasteiger partial charge in [-0.3, -0.25) is 14.9 Å². The Morgan fingerprint density at radius 3 is 2.47 bits per heavy atom. The Labute approximate surface area is 307 Å². The smallest absolute Gasteiger partial charge is 0.337 e. The summed E-state index contributed by atoms with van der Waals surface area (Å²) in [5.41, 5.74) is 3.32. The third-order valence-electron chi connectivity index (χ3n) is 9.86. The number of hydrogen-bond acceptors (Lipinski definition) is 8. The molecule has 0 aromatic heterocycles. The number of nitro groups is 1. The molecule has 2 heterocycles. The van der Waals surface area contributed by atoms with Crippen molar-refractivity contribution < 1.29 is 24.0 Å². The van der Waals surface area contributed by atoms with Crippen molar-refractivity contribution in [3.63, 3.8) is 0 Å². The van der Waals surface area contributed by atoms with Gasteiger partial charge in [-0.25, -0.2) is 4.79 Å². The number of halogens is 2. The Hall–Kier alpha value is -4.64. The number of nitro benzene ring substituents is 1. The Kier molecular flexibility index (Phi) is 10.0. The highest BCUT2D eigenvalue weighted by molar-refractivity contribution is 6.31. The molecule has 1 amide bonds. The summed E-state index contributed by atoms with van der Waals surface area (Å²) >= 11 is 13.8. The van der Waals surface area contributed by atoms with Crippen molar-refractivity contribution in [2.75, 3.05) is 31.0 Å². The largest absolute Gasteiger partial charge is 0.495 e. The standard InChI is InChI=1S/C39H40Cl2N4O6/c1-38(2,3)20-33-39(22-44(31-16-14-25(40)19-28(31)39)21-23-9-8-10-26(17-23)45(48)49)34(27-11-6-7-12-29(27)41)35(43-33)36(46)42-30-15-13-24(37(47)51-5)18-32(30)50-4/h6-19,33-35,43H,20-22H2,1-5H3,(H,42,46)/t33-,34-,35+,39-/m0/s1. The molecule has 51 heavy (non-hydrogen) atoms. The summed E-state index contributed by atoms with van der Waals surface area (Å²) in [6.45, 7) is 7.39. The van der Waals surface area contributed by atoms with Gasteiger partial charge in [-0.2, -0.15) is 0 Å². The number of anilines is 2. The highest BCUT2D eigenvalue weighted by Gasteiger charge is 2.62. The number of amides is 1. The van der Waals surface area contributed by atoms with Crippen molar-refractivity contribution in [2.45, 2.75) is 57.2 Å². The van der Waals surface area contributed by atoms with Crippen molar-refractivity contribution in [2.24, 2.45) is 5.41 Å². The Bertz CT molecular complexity index is 2000. The van der Waals surface area contributed by atoms with Crippen LogP contribution in [0.4, 0.5) is 17.1 Å². The second kappa shape index (κ2) is 14.2. The summed E-state index contributed by atoms with van der Waals surface area (Å²) in [5.74, 6) is -1.00. The molecule has 266 valence electrons. The van der Waals surface area contributed by atoms with Crippen LogP contribution in [0.1, 0.15) is 60.2 Å². The van der Waals surface area contributed by atoms with E-state index in [-0.39, 0.29) is 28.6 Å². The molecule has 0 radical (unpaired) electrons. The first kappa shape index (κ1) is 36.2. The number of benzene rings is 4. The lowest BCUT2D eigenvalue weighted by atomic mass is 9.63. The molecule has 1 spiro atoms. The third-order valence-corrected chi connectivity index (χ3v) is 10.4. The van der Waals surface area contributed by atoms with Gasteiger partial charge < -0.3 is 25.0 Å². The number of carbonyl (C=O) groups excluding carboxylic acids is 2. The number of methoxy groups -OCH3 is 2. The van der Waals surface area contributed by atoms with Crippen LogP contribution in [0.25, 0.3) is 0 Å². The molecule has 12 heteroatoms. The molecule has 10 nitrogen and oxygen atoms in total. The second-order valence-corrected chi connectivity index (χ2v) is 15.2. The van der Waals surface area contributed by atoms with Gasteiger partial charge in [-0.05, 0) is 71.0 Å². The predicted molar refractivity (Wildman–Crippen MR) is 199 cm³/mol. The molecule has 1 saturated heterocycles. The minimum absolute atomic E-state index is 0.0200. The maximum Gasteiger partial charge on any atom is 0.337 e. The first-order valence-electron chi connectivity index (χ1n) is 16.6. The van der Waals surface area contributed by atoms with E-state index in [0.29, 0.717) is 41.0 Å². The van der Waals surface area contributed by atoms with Gasteiger partial charge in [0.1, 0.15) is 5.75 Å². The zero-order valence-corrected chi connectivity index (χ0v) is 30.5. The van der Waals surface area contributed by atoms with Gasteiger partial charge in [0.15, 0.2) is 0 Å². The Morgan fingerprint density at radius 1 is 1.02 bits per heavy atom. The normalized spacial score (nSPS) is 21.0. The summed E-state index contributed by atoms with van der Waals surface area (Å²) in [6.07, 6.45) is 0.700. The fourth-order valence-electron chi connectivity index (χ4n) is 7.83. The lowest BCUT2D eigenvalue weighted by Gasteiger charge is -2.40. The number of nitrogens with zero attached hydrogens (tertiary/aromatic N) is 2. The molecule has 4 atom stereocenters. The highest BCUT2D eigenvalue weighted by Crippen LogP contribution is 2.59. The van der Waals surface area contributed by atoms with Gasteiger partial charge in [0, 0.05) is 58.3 Å². The number of fused-ring (bicyclic) bond motifs is 2. The molecule has 1 fully saturated rings. The van der Waals surface area contributed by atoms with E-state index >= 15 is 0 Å². The van der Waals surface area contributed by atoms with E-state index in [1.54, 1.807) is 24.3 Å². The van der Waals surface area contributed by atoms with Crippen molar-refractivity contribution in [3.8, 4) is 5.75 Å². The molecule has 0 bridgehead atoms. The minimum Gasteiger partial charge on any atom is -0.495 e. The number of esters is 1. The monoisotopic (exact) mass is 730 g/mol. The van der Waals surface area contributed by atoms with E-state index in [1.165, 1.54) is 26.4 Å². The molecular weight excluding hydrogens is 691 g/mol. The van der Waals surface area contributed by atoms with Crippen molar-refractivity contribution in [3.05, 3.63) is 127 Å². The van der Waals surface area contributed by atoms with E-state index in [1.807, 2.05) is 48.5 Å². The summed E-state index contributed by atoms with van der Waals surface area (Å²) in [6, 6.07) is 23.8. The molecule has 2 aliphatic heterocycles. The highest BCUT2D eigenvalue weighted by atomic mass is 35.5. The molecular formula is C39H40Cl2N4O6. The molecule has 6 rings (SSSR count). The number of hydrogen-bond donors (Lipinski definition) is 2. The Morgan fingerprint density at radius 2 is 1.78 bits per heavy atom. The van der Waals surface area contributed by atoms with E-state index in [9.17, 15) is 19.7 Å². The number of rotatable bonds is 9. The molecule has 2 aliphatic rings. The van der Waals surface area contributed by atoms with E-state index in [4.69, 9.17) is 32.7 Å². The predicted octanol–water partition coefficient (Wildman–Crippen LogP) is 8.15. The zero-order valence-electron chi connectivity index (χ0n) is 29.0. The lowest BCUT2D eigenvalue weighted by Crippen LogP contribution is -2.48. The second-order valence-electron chi connectivity index (χ2n) is 14.3. The van der Waals surface area contributed by atoms with Gasteiger partial charge in [0.25, 0.3) is 5.69 Å². The lowest BCUT2D eigenvalue weighted by molar-refractivity contribution is -0.384. The Balaban J connectivity index is 1.50. The first-order chi connectivity index (χ1) is 24.2. The van der Waals surface area contributed by atoms with Gasteiger partial charge in [-0.15, -0.1) is 0 Å². The number of non-ortho nitro benzene ring substituents is 1. The van der Waals surface area contributed by atoms with Crippen LogP contribution >= 0.6 is 23.2 Å². The molecule has 4 aromatic rings. The number of carbonyl (C=O) groups is 2. The zero-order chi connectivity index (χ0) is 36.7. The van der Waals surface area contributed by atoms with Crippen molar-refractivity contribution in [1.29, 1.82) is 0 Å². The fourth-order valence-corrected chi connectivity index (χ4v) is 8.25. The summed E-state index contributed by atoms with van der Waals surface area (Å²) in [4.78, 5) is 40.4. The third kappa shape index (κ3) is 7.00. The summed E-state index contributed by atoms with van der Waals surface area (Å²) in [7, 11) is 2.77. The maximum atomic E-state index is 14.7. The van der Waals surface area contributed by atoms with Crippen molar-refractivity contribution in [1.82, 2.24) is 5.32 Å². The van der Waals surface area contributed by atoms with Crippen LogP contribution in [0.15, 0.2) is 84.9 Å². The van der Waals surface area contributed by atoms with Crippen LogP contribution in [0.5, 0.6) is 5.75 Å². The van der Waals surface area contributed by atoms with Crippen LogP contribution in [0, 0.1) is 15.5 Å². The first-order valence-corrected chi connectivity index (χ1v) is 17.4. The minimum atomic E-state index is -0.771. The summed E-state index contributed by atoms with van der Waals surface area (Å²) in [5, 5.41) is 19.6. The molecule has 0 unspecified atom stereocenters.